The molecule has 0 unspecified atom stereocenters. The van der Waals surface area contributed by atoms with Crippen molar-refractivity contribution in [2.45, 2.75) is 25.3 Å². The van der Waals surface area contributed by atoms with E-state index in [2.05, 4.69) is 14.9 Å². The summed E-state index contributed by atoms with van der Waals surface area (Å²) in [4.78, 5) is 0.149. The Balaban J connectivity index is 1.81. The highest BCUT2D eigenvalue weighted by Crippen LogP contribution is 2.32. The summed E-state index contributed by atoms with van der Waals surface area (Å²) < 4.78 is 38.2. The van der Waals surface area contributed by atoms with Gasteiger partial charge in [-0.25, -0.2) is 13.1 Å². The van der Waals surface area contributed by atoms with Crippen LogP contribution in [0.2, 0.25) is 0 Å². The second-order valence-corrected chi connectivity index (χ2v) is 6.81. The van der Waals surface area contributed by atoms with Gasteiger partial charge in [0.1, 0.15) is 13.2 Å². The van der Waals surface area contributed by atoms with E-state index in [-0.39, 0.29) is 11.4 Å². The highest BCUT2D eigenvalue weighted by molar-refractivity contribution is 7.89. The minimum atomic E-state index is -3.63. The van der Waals surface area contributed by atoms with Gasteiger partial charge in [0, 0.05) is 23.9 Å². The van der Waals surface area contributed by atoms with Gasteiger partial charge in [-0.1, -0.05) is 0 Å². The Kier molecular flexibility index (Phi) is 3.79. The van der Waals surface area contributed by atoms with Gasteiger partial charge in [-0.2, -0.15) is 5.10 Å². The summed E-state index contributed by atoms with van der Waals surface area (Å²) in [5.74, 6) is 1.01. The van der Waals surface area contributed by atoms with Crippen molar-refractivity contribution in [3.05, 3.63) is 35.2 Å². The number of ether oxygens (including phenoxy) is 2. The molecule has 3 rings (SSSR count). The van der Waals surface area contributed by atoms with Crippen molar-refractivity contribution >= 4 is 10.0 Å². The van der Waals surface area contributed by atoms with Crippen LogP contribution in [0, 0.1) is 13.8 Å². The maximum Gasteiger partial charge on any atom is 0.241 e. The number of benzene rings is 1. The zero-order chi connectivity index (χ0) is 15.7. The van der Waals surface area contributed by atoms with Gasteiger partial charge in [0.25, 0.3) is 0 Å². The molecule has 118 valence electrons. The average Bonchev–Trinajstić information content (AvgIpc) is 2.83. The van der Waals surface area contributed by atoms with E-state index in [1.807, 2.05) is 13.8 Å². The van der Waals surface area contributed by atoms with Crippen molar-refractivity contribution in [3.63, 3.8) is 0 Å². The molecule has 2 N–H and O–H groups in total. The predicted molar refractivity (Wildman–Crippen MR) is 79.5 cm³/mol. The second-order valence-electron chi connectivity index (χ2n) is 5.04. The van der Waals surface area contributed by atoms with Crippen LogP contribution < -0.4 is 14.2 Å². The Labute approximate surface area is 128 Å². The molecule has 1 aliphatic rings. The minimum absolute atomic E-state index is 0.149. The summed E-state index contributed by atoms with van der Waals surface area (Å²) in [6.45, 7) is 4.75. The molecule has 8 heteroatoms. The van der Waals surface area contributed by atoms with Gasteiger partial charge in [-0.05, 0) is 26.0 Å². The van der Waals surface area contributed by atoms with E-state index >= 15 is 0 Å². The molecule has 0 saturated heterocycles. The van der Waals surface area contributed by atoms with Crippen molar-refractivity contribution in [1.29, 1.82) is 0 Å². The number of aryl methyl sites for hydroxylation is 2. The Bertz CT molecular complexity index is 779. The van der Waals surface area contributed by atoms with Gasteiger partial charge in [-0.15, -0.1) is 0 Å². The number of H-pyrrole nitrogens is 1. The Morgan fingerprint density at radius 1 is 1.23 bits per heavy atom. The first-order valence-electron chi connectivity index (χ1n) is 6.87. The predicted octanol–water partition coefficient (Wildman–Crippen LogP) is 1.28. The summed E-state index contributed by atoms with van der Waals surface area (Å²) in [7, 11) is -3.63. The van der Waals surface area contributed by atoms with Crippen molar-refractivity contribution < 1.29 is 17.9 Å². The average molecular weight is 323 g/mol. The maximum absolute atomic E-state index is 12.4. The molecule has 1 aliphatic heterocycles. The molecule has 1 aromatic carbocycles. The van der Waals surface area contributed by atoms with Gasteiger partial charge >= 0.3 is 0 Å². The van der Waals surface area contributed by atoms with E-state index in [4.69, 9.17) is 9.47 Å². The number of sulfonamides is 1. The number of aromatic nitrogens is 2. The van der Waals surface area contributed by atoms with Crippen LogP contribution in [0.3, 0.4) is 0 Å². The minimum Gasteiger partial charge on any atom is -0.486 e. The van der Waals surface area contributed by atoms with Crippen LogP contribution in [0.25, 0.3) is 0 Å². The molecule has 1 aromatic heterocycles. The van der Waals surface area contributed by atoms with Crippen molar-refractivity contribution in [2.75, 3.05) is 13.2 Å². The molecular weight excluding hydrogens is 306 g/mol. The van der Waals surface area contributed by atoms with Gasteiger partial charge < -0.3 is 9.47 Å². The lowest BCUT2D eigenvalue weighted by atomic mass is 10.2. The first-order valence-corrected chi connectivity index (χ1v) is 8.35. The van der Waals surface area contributed by atoms with E-state index in [9.17, 15) is 8.42 Å². The molecule has 0 fully saturated rings. The fourth-order valence-electron chi connectivity index (χ4n) is 2.28. The zero-order valence-corrected chi connectivity index (χ0v) is 13.2. The molecule has 0 spiro atoms. The van der Waals surface area contributed by atoms with Crippen LogP contribution in [0.5, 0.6) is 11.5 Å². The lowest BCUT2D eigenvalue weighted by molar-refractivity contribution is 0.171. The Hall–Kier alpha value is -2.06. The lowest BCUT2D eigenvalue weighted by Gasteiger charge is -2.18. The molecular formula is C14H17N3O4S. The molecule has 2 heterocycles. The van der Waals surface area contributed by atoms with E-state index in [1.165, 1.54) is 12.1 Å². The van der Waals surface area contributed by atoms with Crippen LogP contribution in [0.15, 0.2) is 23.1 Å². The summed E-state index contributed by atoms with van der Waals surface area (Å²) >= 11 is 0. The lowest BCUT2D eigenvalue weighted by Crippen LogP contribution is -2.24. The molecule has 7 nitrogen and oxygen atoms in total. The quantitative estimate of drug-likeness (QED) is 0.884. The van der Waals surface area contributed by atoms with Crippen LogP contribution in [-0.4, -0.2) is 31.8 Å². The largest absolute Gasteiger partial charge is 0.486 e. The molecule has 0 bridgehead atoms. The molecule has 0 atom stereocenters. The van der Waals surface area contributed by atoms with E-state index in [1.54, 1.807) is 6.07 Å². The van der Waals surface area contributed by atoms with E-state index in [0.717, 1.165) is 17.0 Å². The highest BCUT2D eigenvalue weighted by Gasteiger charge is 2.20. The van der Waals surface area contributed by atoms with Crippen LogP contribution in [-0.2, 0) is 16.6 Å². The Morgan fingerprint density at radius 2 is 1.95 bits per heavy atom. The summed E-state index contributed by atoms with van der Waals surface area (Å²) in [6, 6.07) is 4.59. The van der Waals surface area contributed by atoms with Crippen molar-refractivity contribution in [2.24, 2.45) is 0 Å². The van der Waals surface area contributed by atoms with Gasteiger partial charge in [-0.3, -0.25) is 5.10 Å². The molecule has 22 heavy (non-hydrogen) atoms. The van der Waals surface area contributed by atoms with Crippen LogP contribution in [0.1, 0.15) is 17.0 Å². The van der Waals surface area contributed by atoms with Crippen LogP contribution in [0.4, 0.5) is 0 Å². The zero-order valence-electron chi connectivity index (χ0n) is 12.3. The molecule has 0 radical (unpaired) electrons. The number of nitrogens with one attached hydrogen (secondary N) is 2. The van der Waals surface area contributed by atoms with E-state index in [0.29, 0.717) is 24.7 Å². The SMILES string of the molecule is Cc1n[nH]c(C)c1CNS(=O)(=O)c1ccc2c(c1)OCCO2. The standard InChI is InChI=1S/C14H17N3O4S/c1-9-12(10(2)17-16-9)8-15-22(18,19)11-3-4-13-14(7-11)21-6-5-20-13/h3-4,7,15H,5-6,8H2,1-2H3,(H,16,17). The summed E-state index contributed by atoms with van der Waals surface area (Å²) in [6.07, 6.45) is 0. The van der Waals surface area contributed by atoms with Crippen molar-refractivity contribution in [3.8, 4) is 11.5 Å². The first-order chi connectivity index (χ1) is 10.5. The third-order valence-electron chi connectivity index (χ3n) is 3.54. The smallest absolute Gasteiger partial charge is 0.241 e. The number of aromatic amines is 1. The molecule has 0 saturated carbocycles. The molecule has 0 amide bonds. The number of hydrogen-bond donors (Lipinski definition) is 2. The summed E-state index contributed by atoms with van der Waals surface area (Å²) in [5.41, 5.74) is 2.48. The normalized spacial score (nSPS) is 14.1. The Morgan fingerprint density at radius 3 is 2.64 bits per heavy atom. The second kappa shape index (κ2) is 5.62. The van der Waals surface area contributed by atoms with Gasteiger partial charge in [0.2, 0.25) is 10.0 Å². The van der Waals surface area contributed by atoms with Gasteiger partial charge in [0.05, 0.1) is 10.6 Å². The number of fused-ring (bicyclic) bond motifs is 1. The maximum atomic E-state index is 12.4. The molecule has 2 aromatic rings. The molecule has 0 aliphatic carbocycles. The third kappa shape index (κ3) is 2.79. The first kappa shape index (κ1) is 14.9. The fourth-order valence-corrected chi connectivity index (χ4v) is 3.29. The fraction of sp³-hybridized carbons (Fsp3) is 0.357. The summed E-state index contributed by atoms with van der Waals surface area (Å²) in [5, 5.41) is 6.88. The van der Waals surface area contributed by atoms with E-state index < -0.39 is 10.0 Å². The number of nitrogens with zero attached hydrogens (tertiary/aromatic N) is 1. The third-order valence-corrected chi connectivity index (χ3v) is 4.94. The number of hydrogen-bond acceptors (Lipinski definition) is 5. The van der Waals surface area contributed by atoms with Crippen LogP contribution >= 0.6 is 0 Å². The van der Waals surface area contributed by atoms with Gasteiger partial charge in [0.15, 0.2) is 11.5 Å². The topological polar surface area (TPSA) is 93.3 Å². The monoisotopic (exact) mass is 323 g/mol. The number of rotatable bonds is 4. The van der Waals surface area contributed by atoms with Crippen molar-refractivity contribution in [1.82, 2.24) is 14.9 Å². The highest BCUT2D eigenvalue weighted by atomic mass is 32.2.